The molecule has 0 aromatic heterocycles. The van der Waals surface area contributed by atoms with E-state index in [1.54, 1.807) is 0 Å². The van der Waals surface area contributed by atoms with Gasteiger partial charge in [-0.1, -0.05) is 11.6 Å². The smallest absolute Gasteiger partial charge is 0.243 e. The Morgan fingerprint density at radius 1 is 1.29 bits per heavy atom. The third-order valence-electron chi connectivity index (χ3n) is 3.94. The Balaban J connectivity index is 1.90. The molecule has 2 aliphatic rings. The summed E-state index contributed by atoms with van der Waals surface area (Å²) in [6, 6.07) is 2.97. The van der Waals surface area contributed by atoms with Crippen molar-refractivity contribution >= 4 is 21.6 Å². The molecule has 4 nitrogen and oxygen atoms in total. The van der Waals surface area contributed by atoms with Crippen LogP contribution in [-0.4, -0.2) is 31.9 Å². The molecule has 0 radical (unpaired) electrons. The van der Waals surface area contributed by atoms with E-state index in [0.717, 1.165) is 31.7 Å². The first kappa shape index (κ1) is 15.2. The van der Waals surface area contributed by atoms with Gasteiger partial charge >= 0.3 is 0 Å². The van der Waals surface area contributed by atoms with Crippen LogP contribution < -0.4 is 5.32 Å². The Bertz CT molecular complexity index is 641. The van der Waals surface area contributed by atoms with Crippen molar-refractivity contribution in [1.29, 1.82) is 0 Å². The van der Waals surface area contributed by atoms with Gasteiger partial charge in [0.25, 0.3) is 0 Å². The van der Waals surface area contributed by atoms with Crippen molar-refractivity contribution in [3.63, 3.8) is 0 Å². The molecule has 1 aromatic rings. The van der Waals surface area contributed by atoms with Gasteiger partial charge in [0.2, 0.25) is 10.0 Å². The standard InChI is InChI=1S/C14H18ClFN2O2S/c15-14-10(9-17-11-3-4-11)7-12(8-13(14)16)21(19,20)18-5-1-2-6-18/h7-8,11,17H,1-6,9H2. The quantitative estimate of drug-likeness (QED) is 0.901. The third-order valence-corrected chi connectivity index (χ3v) is 6.24. The number of hydrogen-bond donors (Lipinski definition) is 1. The molecule has 1 aliphatic heterocycles. The molecule has 0 unspecified atom stereocenters. The molecule has 7 heteroatoms. The third kappa shape index (κ3) is 3.23. The minimum atomic E-state index is -3.62. The van der Waals surface area contributed by atoms with Crippen LogP contribution in [0, 0.1) is 5.82 Å². The summed E-state index contributed by atoms with van der Waals surface area (Å²) in [4.78, 5) is -0.00102. The lowest BCUT2D eigenvalue weighted by molar-refractivity contribution is 0.476. The molecule has 0 bridgehead atoms. The molecule has 1 saturated heterocycles. The van der Waals surface area contributed by atoms with Crippen molar-refractivity contribution < 1.29 is 12.8 Å². The highest BCUT2D eigenvalue weighted by atomic mass is 35.5. The zero-order valence-corrected chi connectivity index (χ0v) is 13.2. The maximum absolute atomic E-state index is 14.0. The van der Waals surface area contributed by atoms with Crippen LogP contribution in [0.1, 0.15) is 31.2 Å². The first-order valence-corrected chi connectivity index (χ1v) is 9.02. The lowest BCUT2D eigenvalue weighted by Crippen LogP contribution is -2.28. The van der Waals surface area contributed by atoms with Crippen LogP contribution in [0.5, 0.6) is 0 Å². The largest absolute Gasteiger partial charge is 0.310 e. The average molecular weight is 333 g/mol. The number of nitrogens with one attached hydrogen (secondary N) is 1. The lowest BCUT2D eigenvalue weighted by atomic mass is 10.2. The molecular formula is C14H18ClFN2O2S. The summed E-state index contributed by atoms with van der Waals surface area (Å²) in [5.74, 6) is -0.676. The maximum atomic E-state index is 14.0. The Morgan fingerprint density at radius 2 is 1.95 bits per heavy atom. The van der Waals surface area contributed by atoms with Gasteiger partial charge in [-0.05, 0) is 43.4 Å². The summed E-state index contributed by atoms with van der Waals surface area (Å²) in [5, 5.41) is 3.23. The molecule has 1 aromatic carbocycles. The molecule has 3 rings (SSSR count). The highest BCUT2D eigenvalue weighted by Crippen LogP contribution is 2.28. The minimum Gasteiger partial charge on any atom is -0.310 e. The van der Waals surface area contributed by atoms with Gasteiger partial charge in [0, 0.05) is 25.7 Å². The van der Waals surface area contributed by atoms with E-state index in [1.165, 1.54) is 10.4 Å². The van der Waals surface area contributed by atoms with Crippen molar-refractivity contribution in [3.8, 4) is 0 Å². The fourth-order valence-electron chi connectivity index (χ4n) is 2.52. The van der Waals surface area contributed by atoms with Crippen LogP contribution in [-0.2, 0) is 16.6 Å². The van der Waals surface area contributed by atoms with E-state index >= 15 is 0 Å². The second-order valence-electron chi connectivity index (χ2n) is 5.64. The fourth-order valence-corrected chi connectivity index (χ4v) is 4.27. The van der Waals surface area contributed by atoms with Gasteiger partial charge in [-0.2, -0.15) is 4.31 Å². The first-order valence-electron chi connectivity index (χ1n) is 7.20. The summed E-state index contributed by atoms with van der Waals surface area (Å²) >= 11 is 5.96. The number of sulfonamides is 1. The van der Waals surface area contributed by atoms with Crippen molar-refractivity contribution in [2.75, 3.05) is 13.1 Å². The van der Waals surface area contributed by atoms with E-state index in [9.17, 15) is 12.8 Å². The van der Waals surface area contributed by atoms with E-state index in [2.05, 4.69) is 5.32 Å². The average Bonchev–Trinajstić information content (AvgIpc) is 3.10. The van der Waals surface area contributed by atoms with E-state index in [4.69, 9.17) is 11.6 Å². The molecule has 0 atom stereocenters. The molecule has 0 spiro atoms. The van der Waals surface area contributed by atoms with Gasteiger partial charge in [-0.3, -0.25) is 0 Å². The molecular weight excluding hydrogens is 315 g/mol. The van der Waals surface area contributed by atoms with Crippen LogP contribution in [0.4, 0.5) is 4.39 Å². The van der Waals surface area contributed by atoms with Gasteiger partial charge in [-0.25, -0.2) is 12.8 Å². The molecule has 116 valence electrons. The van der Waals surface area contributed by atoms with Crippen molar-refractivity contribution in [1.82, 2.24) is 9.62 Å². The number of benzene rings is 1. The van der Waals surface area contributed by atoms with Crippen molar-refractivity contribution in [2.24, 2.45) is 0 Å². The number of rotatable bonds is 5. The summed E-state index contributed by atoms with van der Waals surface area (Å²) < 4.78 is 40.4. The Hall–Kier alpha value is -0.690. The SMILES string of the molecule is O=S(=O)(c1cc(F)c(Cl)c(CNC2CC2)c1)N1CCCC1. The van der Waals surface area contributed by atoms with Crippen LogP contribution >= 0.6 is 11.6 Å². The van der Waals surface area contributed by atoms with Crippen LogP contribution in [0.3, 0.4) is 0 Å². The van der Waals surface area contributed by atoms with Crippen LogP contribution in [0.2, 0.25) is 5.02 Å². The van der Waals surface area contributed by atoms with Crippen molar-refractivity contribution in [2.45, 2.75) is 43.2 Å². The number of hydrogen-bond acceptors (Lipinski definition) is 3. The minimum absolute atomic E-state index is 0.00102. The molecule has 1 saturated carbocycles. The topological polar surface area (TPSA) is 49.4 Å². The second-order valence-corrected chi connectivity index (χ2v) is 7.96. The fraction of sp³-hybridized carbons (Fsp3) is 0.571. The highest BCUT2D eigenvalue weighted by molar-refractivity contribution is 7.89. The normalized spacial score (nSPS) is 20.1. The zero-order chi connectivity index (χ0) is 15.0. The van der Waals surface area contributed by atoms with Gasteiger partial charge in [0.1, 0.15) is 5.82 Å². The monoisotopic (exact) mass is 332 g/mol. The molecule has 0 amide bonds. The number of nitrogens with zero attached hydrogens (tertiary/aromatic N) is 1. The summed E-state index contributed by atoms with van der Waals surface area (Å²) in [7, 11) is -3.62. The Morgan fingerprint density at radius 3 is 2.57 bits per heavy atom. The van der Waals surface area contributed by atoms with E-state index in [-0.39, 0.29) is 9.92 Å². The maximum Gasteiger partial charge on any atom is 0.243 e. The molecule has 2 fully saturated rings. The second kappa shape index (κ2) is 5.83. The Labute approximate surface area is 129 Å². The van der Waals surface area contributed by atoms with E-state index < -0.39 is 15.8 Å². The summed E-state index contributed by atoms with van der Waals surface area (Å²) in [6.45, 7) is 1.40. The zero-order valence-electron chi connectivity index (χ0n) is 11.6. The lowest BCUT2D eigenvalue weighted by Gasteiger charge is -2.17. The van der Waals surface area contributed by atoms with Gasteiger partial charge < -0.3 is 5.32 Å². The van der Waals surface area contributed by atoms with Crippen molar-refractivity contribution in [3.05, 3.63) is 28.5 Å². The van der Waals surface area contributed by atoms with Gasteiger partial charge in [-0.15, -0.1) is 0 Å². The molecule has 1 heterocycles. The van der Waals surface area contributed by atoms with Gasteiger partial charge in [0.05, 0.1) is 9.92 Å². The van der Waals surface area contributed by atoms with Crippen LogP contribution in [0.15, 0.2) is 17.0 Å². The molecule has 1 N–H and O–H groups in total. The predicted molar refractivity (Wildman–Crippen MR) is 79.3 cm³/mol. The summed E-state index contributed by atoms with van der Waals surface area (Å²) in [5.41, 5.74) is 0.501. The molecule has 1 aliphatic carbocycles. The predicted octanol–water partition coefficient (Wildman–Crippen LogP) is 2.52. The van der Waals surface area contributed by atoms with Crippen LogP contribution in [0.25, 0.3) is 0 Å². The molecule has 21 heavy (non-hydrogen) atoms. The summed E-state index contributed by atoms with van der Waals surface area (Å²) in [6.07, 6.45) is 3.91. The first-order chi connectivity index (χ1) is 9.98. The Kier molecular flexibility index (Phi) is 4.23. The van der Waals surface area contributed by atoms with E-state index in [0.29, 0.717) is 31.2 Å². The van der Waals surface area contributed by atoms with E-state index in [1.807, 2.05) is 0 Å². The highest BCUT2D eigenvalue weighted by Gasteiger charge is 2.29. The number of halogens is 2. The van der Waals surface area contributed by atoms with Gasteiger partial charge in [0.15, 0.2) is 0 Å².